The van der Waals surface area contributed by atoms with Gasteiger partial charge in [0.15, 0.2) is 0 Å². The summed E-state index contributed by atoms with van der Waals surface area (Å²) in [7, 11) is 0. The van der Waals surface area contributed by atoms with Gasteiger partial charge in [-0.1, -0.05) is 0 Å². The molecule has 3 aliphatic heterocycles. The molecule has 0 saturated carbocycles. The molecule has 5 heterocycles. The van der Waals surface area contributed by atoms with Crippen LogP contribution >= 0.6 is 11.5 Å². The van der Waals surface area contributed by atoms with E-state index in [0.717, 1.165) is 22.3 Å². The molecule has 25 heavy (non-hydrogen) atoms. The number of carbonyl (C=O) groups is 1. The first-order chi connectivity index (χ1) is 12.3. The first-order valence-corrected chi connectivity index (χ1v) is 9.46. The summed E-state index contributed by atoms with van der Waals surface area (Å²) in [6.07, 6.45) is 7.81. The second-order valence-electron chi connectivity index (χ2n) is 6.90. The van der Waals surface area contributed by atoms with E-state index in [9.17, 15) is 4.79 Å². The number of hydrogen-bond acceptors (Lipinski definition) is 5. The van der Waals surface area contributed by atoms with Crippen LogP contribution in [-0.4, -0.2) is 50.4 Å². The van der Waals surface area contributed by atoms with E-state index < -0.39 is 0 Å². The lowest BCUT2D eigenvalue weighted by Gasteiger charge is -2.44. The second kappa shape index (κ2) is 5.93. The molecule has 3 saturated heterocycles. The Bertz CT molecular complexity index is 911. The molecular weight excluding hydrogens is 334 g/mol. The molecule has 128 valence electrons. The van der Waals surface area contributed by atoms with Crippen LogP contribution in [-0.2, 0) is 0 Å². The third-order valence-corrected chi connectivity index (χ3v) is 6.25. The monoisotopic (exact) mass is 353 g/mol. The number of hydrogen-bond donors (Lipinski definition) is 1. The van der Waals surface area contributed by atoms with Crippen molar-refractivity contribution in [3.05, 3.63) is 42.6 Å². The van der Waals surface area contributed by atoms with Crippen LogP contribution in [0.5, 0.6) is 0 Å². The fourth-order valence-electron chi connectivity index (χ4n) is 4.03. The van der Waals surface area contributed by atoms with Crippen molar-refractivity contribution in [1.29, 1.82) is 0 Å². The van der Waals surface area contributed by atoms with Crippen molar-refractivity contribution >= 4 is 27.5 Å². The van der Waals surface area contributed by atoms with Gasteiger partial charge in [-0.15, -0.1) is 0 Å². The van der Waals surface area contributed by atoms with Crippen LogP contribution in [0.25, 0.3) is 15.8 Å². The van der Waals surface area contributed by atoms with Gasteiger partial charge >= 0.3 is 0 Å². The Balaban J connectivity index is 1.40. The maximum Gasteiger partial charge on any atom is 0.271 e. The zero-order chi connectivity index (χ0) is 16.8. The van der Waals surface area contributed by atoms with E-state index in [2.05, 4.69) is 25.6 Å². The van der Waals surface area contributed by atoms with Crippen molar-refractivity contribution in [2.24, 2.45) is 5.92 Å². The average Bonchev–Trinajstić information content (AvgIpc) is 3.32. The minimum absolute atomic E-state index is 0.0413. The molecule has 3 aliphatic rings. The predicted octanol–water partition coefficient (Wildman–Crippen LogP) is 2.31. The van der Waals surface area contributed by atoms with Crippen molar-refractivity contribution < 1.29 is 4.79 Å². The number of nitrogens with zero attached hydrogens (tertiary/aromatic N) is 4. The highest BCUT2D eigenvalue weighted by Gasteiger charge is 2.35. The fraction of sp³-hybridized carbons (Fsp3) is 0.389. The summed E-state index contributed by atoms with van der Waals surface area (Å²) < 4.78 is 7.41. The number of rotatable bonds is 3. The minimum atomic E-state index is -0.0413. The van der Waals surface area contributed by atoms with Gasteiger partial charge in [-0.25, -0.2) is 4.98 Å². The molecule has 1 amide bonds. The molecule has 0 spiro atoms. The van der Waals surface area contributed by atoms with E-state index in [1.165, 1.54) is 37.5 Å². The standard InChI is InChI=1S/C18H19N5OS/c24-18(20-15-10-22-6-3-12(15)4-7-22)17-14-2-1-13(9-16(14)25-21-17)23-8-5-19-11-23/h1-2,5,8-9,11-12,15H,3-4,6-7,10H2,(H,20,24)/t15-/m1/s1. The summed E-state index contributed by atoms with van der Waals surface area (Å²) in [5, 5.41) is 4.16. The molecule has 3 aromatic rings. The highest BCUT2D eigenvalue weighted by atomic mass is 32.1. The summed E-state index contributed by atoms with van der Waals surface area (Å²) >= 11 is 1.38. The molecule has 6 rings (SSSR count). The Morgan fingerprint density at radius 1 is 1.28 bits per heavy atom. The number of amides is 1. The van der Waals surface area contributed by atoms with Crippen molar-refractivity contribution in [2.45, 2.75) is 18.9 Å². The van der Waals surface area contributed by atoms with Crippen LogP contribution in [0.4, 0.5) is 0 Å². The first-order valence-electron chi connectivity index (χ1n) is 8.69. The topological polar surface area (TPSA) is 63.1 Å². The molecule has 1 aromatic carbocycles. The fourth-order valence-corrected chi connectivity index (χ4v) is 4.84. The first kappa shape index (κ1) is 15.0. The Hall–Kier alpha value is -2.25. The second-order valence-corrected chi connectivity index (χ2v) is 7.70. The van der Waals surface area contributed by atoms with E-state index in [4.69, 9.17) is 0 Å². The quantitative estimate of drug-likeness (QED) is 0.785. The number of imidazole rings is 1. The van der Waals surface area contributed by atoms with Gasteiger partial charge in [0, 0.05) is 36.1 Å². The third kappa shape index (κ3) is 2.63. The molecule has 1 atom stereocenters. The van der Waals surface area contributed by atoms with Crippen molar-refractivity contribution in [3.8, 4) is 5.69 Å². The number of nitrogens with one attached hydrogen (secondary N) is 1. The van der Waals surface area contributed by atoms with Crippen LogP contribution in [0.15, 0.2) is 36.9 Å². The molecule has 7 heteroatoms. The summed E-state index contributed by atoms with van der Waals surface area (Å²) in [6.45, 7) is 3.32. The normalized spacial score (nSPS) is 25.4. The van der Waals surface area contributed by atoms with Crippen LogP contribution in [0.1, 0.15) is 23.3 Å². The Labute approximate surface area is 149 Å². The Morgan fingerprint density at radius 3 is 2.88 bits per heavy atom. The molecule has 1 N–H and O–H groups in total. The van der Waals surface area contributed by atoms with Crippen molar-refractivity contribution in [1.82, 2.24) is 24.1 Å². The number of aromatic nitrogens is 3. The lowest BCUT2D eigenvalue weighted by molar-refractivity contribution is 0.0619. The number of piperidine rings is 3. The molecule has 0 unspecified atom stereocenters. The summed E-state index contributed by atoms with van der Waals surface area (Å²) in [4.78, 5) is 19.3. The molecule has 6 nitrogen and oxygen atoms in total. The smallest absolute Gasteiger partial charge is 0.271 e. The number of fused-ring (bicyclic) bond motifs is 4. The van der Waals surface area contributed by atoms with E-state index in [0.29, 0.717) is 11.6 Å². The van der Waals surface area contributed by atoms with Gasteiger partial charge in [-0.2, -0.15) is 4.37 Å². The van der Waals surface area contributed by atoms with Crippen LogP contribution in [0.3, 0.4) is 0 Å². The minimum Gasteiger partial charge on any atom is -0.346 e. The zero-order valence-corrected chi connectivity index (χ0v) is 14.6. The average molecular weight is 353 g/mol. The van der Waals surface area contributed by atoms with E-state index in [1.807, 2.05) is 22.9 Å². The molecule has 0 radical (unpaired) electrons. The van der Waals surface area contributed by atoms with E-state index >= 15 is 0 Å². The SMILES string of the molecule is O=C(N[C@@H]1CN2CCC1CC2)c1nsc2cc(-n3ccnc3)ccc12. The highest BCUT2D eigenvalue weighted by molar-refractivity contribution is 7.13. The highest BCUT2D eigenvalue weighted by Crippen LogP contribution is 2.29. The van der Waals surface area contributed by atoms with Crippen LogP contribution < -0.4 is 5.32 Å². The largest absolute Gasteiger partial charge is 0.346 e. The van der Waals surface area contributed by atoms with E-state index in [-0.39, 0.29) is 11.9 Å². The molecule has 2 bridgehead atoms. The van der Waals surface area contributed by atoms with Gasteiger partial charge in [0.2, 0.25) is 0 Å². The molecule has 2 aromatic heterocycles. The number of benzene rings is 1. The molecule has 0 aliphatic carbocycles. The lowest BCUT2D eigenvalue weighted by Crippen LogP contribution is -2.57. The van der Waals surface area contributed by atoms with E-state index in [1.54, 1.807) is 12.5 Å². The lowest BCUT2D eigenvalue weighted by atomic mass is 9.84. The van der Waals surface area contributed by atoms with Gasteiger partial charge in [-0.3, -0.25) is 4.79 Å². The van der Waals surface area contributed by atoms with Crippen molar-refractivity contribution in [2.75, 3.05) is 19.6 Å². The Kier molecular flexibility index (Phi) is 3.57. The molecule has 3 fully saturated rings. The Morgan fingerprint density at radius 2 is 2.16 bits per heavy atom. The van der Waals surface area contributed by atoms with Gasteiger partial charge in [0.25, 0.3) is 5.91 Å². The van der Waals surface area contributed by atoms with Gasteiger partial charge < -0.3 is 14.8 Å². The number of carbonyl (C=O) groups excluding carboxylic acids is 1. The third-order valence-electron chi connectivity index (χ3n) is 5.45. The maximum absolute atomic E-state index is 12.8. The van der Waals surface area contributed by atoms with Gasteiger partial charge in [-0.05, 0) is 61.6 Å². The van der Waals surface area contributed by atoms with Crippen LogP contribution in [0, 0.1) is 5.92 Å². The van der Waals surface area contributed by atoms with Crippen molar-refractivity contribution in [3.63, 3.8) is 0 Å². The maximum atomic E-state index is 12.8. The predicted molar refractivity (Wildman–Crippen MR) is 97.2 cm³/mol. The summed E-state index contributed by atoms with van der Waals surface area (Å²) in [6, 6.07) is 6.31. The van der Waals surface area contributed by atoms with Gasteiger partial charge in [0.05, 0.1) is 11.0 Å². The van der Waals surface area contributed by atoms with Gasteiger partial charge in [0.1, 0.15) is 5.69 Å². The van der Waals surface area contributed by atoms with Crippen LogP contribution in [0.2, 0.25) is 0 Å². The molecular formula is C18H19N5OS. The zero-order valence-electron chi connectivity index (χ0n) is 13.8. The summed E-state index contributed by atoms with van der Waals surface area (Å²) in [5.74, 6) is 0.576. The summed E-state index contributed by atoms with van der Waals surface area (Å²) in [5.41, 5.74) is 1.58.